The molecule has 3 aromatic rings. The number of nitrogens with one attached hydrogen (secondary N) is 1. The van der Waals surface area contributed by atoms with Gasteiger partial charge in [-0.3, -0.25) is 9.71 Å². The zero-order valence-electron chi connectivity index (χ0n) is 15.0. The number of halogens is 3. The molecule has 0 amide bonds. The van der Waals surface area contributed by atoms with Crippen molar-refractivity contribution in [2.24, 2.45) is 0 Å². The molecular weight excluding hydrogens is 391 g/mol. The molecule has 0 aliphatic carbocycles. The normalized spacial score (nSPS) is 14.8. The Bertz CT molecular complexity index is 762. The molecule has 1 atom stereocenters. The van der Waals surface area contributed by atoms with Gasteiger partial charge in [-0.05, 0) is 13.0 Å². The minimum absolute atomic E-state index is 0. The first-order valence-electron chi connectivity index (χ1n) is 8.41. The molecule has 0 fully saturated rings. The Morgan fingerprint density at radius 2 is 1.67 bits per heavy atom. The van der Waals surface area contributed by atoms with Crippen LogP contribution in [0.2, 0.25) is 0 Å². The van der Waals surface area contributed by atoms with Crippen LogP contribution in [0, 0.1) is 11.6 Å². The number of rotatable bonds is 2. The molecule has 5 heteroatoms. The Labute approximate surface area is 169 Å². The summed E-state index contributed by atoms with van der Waals surface area (Å²) >= 11 is 0. The Morgan fingerprint density at radius 3 is 2.04 bits per heavy atom. The van der Waals surface area contributed by atoms with Crippen molar-refractivity contribution < 1.29 is 30.2 Å². The summed E-state index contributed by atoms with van der Waals surface area (Å²) in [6.07, 6.45) is 1.14. The molecule has 4 rings (SSSR count). The maximum Gasteiger partial charge on any atom is 0.170 e. The number of hydrogen-bond acceptors (Lipinski definition) is 1. The molecule has 0 spiro atoms. The van der Waals surface area contributed by atoms with E-state index in [-0.39, 0.29) is 17.1 Å². The monoisotopic (exact) mass is 413 g/mol. The molecule has 1 heterocycles. The molecule has 0 saturated carbocycles. The van der Waals surface area contributed by atoms with Crippen LogP contribution in [-0.2, 0) is 23.5 Å². The van der Waals surface area contributed by atoms with Crippen molar-refractivity contribution in [3.8, 4) is 0 Å². The second-order valence-electron chi connectivity index (χ2n) is 5.94. The minimum Gasteiger partial charge on any atom is -0.748 e. The van der Waals surface area contributed by atoms with Crippen LogP contribution in [0.15, 0.2) is 84.4 Å². The third-order valence-electron chi connectivity index (χ3n) is 3.72. The van der Waals surface area contributed by atoms with E-state index in [2.05, 4.69) is 5.32 Å². The summed E-state index contributed by atoms with van der Waals surface area (Å²) in [5, 5.41) is 2.61. The fourth-order valence-corrected chi connectivity index (χ4v) is 2.37. The molecule has 1 unspecified atom stereocenters. The van der Waals surface area contributed by atoms with Crippen molar-refractivity contribution in [3.05, 3.63) is 107 Å². The SMILES string of the molecule is CC1=CC(F)NC1.Fc1c(Cc2ccccc2)cc[c-]1F.[Fe].[cH-]1[cH-][cH-][cH-][cH-]1. The average Bonchev–Trinajstić information content (AvgIpc) is 3.39. The molecule has 0 aromatic heterocycles. The van der Waals surface area contributed by atoms with Crippen molar-refractivity contribution in [3.63, 3.8) is 0 Å². The first kappa shape index (κ1) is 23.0. The van der Waals surface area contributed by atoms with Crippen LogP contribution < -0.4 is 5.32 Å². The molecule has 0 bridgehead atoms. The van der Waals surface area contributed by atoms with Crippen LogP contribution in [0.3, 0.4) is 0 Å². The summed E-state index contributed by atoms with van der Waals surface area (Å²) in [5.41, 5.74) is 2.48. The van der Waals surface area contributed by atoms with E-state index in [9.17, 15) is 13.2 Å². The molecule has 0 saturated heterocycles. The van der Waals surface area contributed by atoms with E-state index in [0.717, 1.165) is 17.2 Å². The summed E-state index contributed by atoms with van der Waals surface area (Å²) in [6, 6.07) is 22.1. The Hall–Kier alpha value is -2.07. The van der Waals surface area contributed by atoms with Crippen LogP contribution >= 0.6 is 0 Å². The van der Waals surface area contributed by atoms with Gasteiger partial charge in [-0.1, -0.05) is 47.9 Å². The molecular formula is C22H22F3FeN-6. The Balaban J connectivity index is 0.000000234. The third kappa shape index (κ3) is 8.44. The summed E-state index contributed by atoms with van der Waals surface area (Å²) in [6.45, 7) is 2.62. The van der Waals surface area contributed by atoms with Gasteiger partial charge in [-0.2, -0.15) is 5.56 Å². The van der Waals surface area contributed by atoms with Gasteiger partial charge in [-0.25, -0.2) is 14.8 Å². The van der Waals surface area contributed by atoms with Crippen molar-refractivity contribution in [2.45, 2.75) is 19.6 Å². The van der Waals surface area contributed by atoms with Crippen molar-refractivity contribution >= 4 is 0 Å². The second kappa shape index (κ2) is 12.3. The zero-order chi connectivity index (χ0) is 18.8. The van der Waals surface area contributed by atoms with E-state index in [1.807, 2.05) is 67.6 Å². The number of benzene rings is 1. The first-order chi connectivity index (χ1) is 12.6. The Morgan fingerprint density at radius 1 is 1.07 bits per heavy atom. The molecule has 1 aliphatic heterocycles. The largest absolute Gasteiger partial charge is 0.748 e. The molecule has 1 aliphatic rings. The molecule has 1 nitrogen and oxygen atoms in total. The maximum absolute atomic E-state index is 13.1. The van der Waals surface area contributed by atoms with E-state index >= 15 is 0 Å². The fourth-order valence-electron chi connectivity index (χ4n) is 2.37. The van der Waals surface area contributed by atoms with Gasteiger partial charge in [0.25, 0.3) is 0 Å². The van der Waals surface area contributed by atoms with Crippen LogP contribution in [0.25, 0.3) is 0 Å². The van der Waals surface area contributed by atoms with Crippen LogP contribution in [-0.4, -0.2) is 12.8 Å². The smallest absolute Gasteiger partial charge is 0.170 e. The van der Waals surface area contributed by atoms with Gasteiger partial charge in [-0.15, -0.1) is 6.07 Å². The van der Waals surface area contributed by atoms with E-state index in [1.54, 1.807) is 6.08 Å². The topological polar surface area (TPSA) is 12.0 Å². The summed E-state index contributed by atoms with van der Waals surface area (Å²) in [4.78, 5) is 0. The van der Waals surface area contributed by atoms with Gasteiger partial charge < -0.3 is 30.3 Å². The minimum atomic E-state index is -0.889. The molecule has 150 valence electrons. The van der Waals surface area contributed by atoms with E-state index < -0.39 is 17.9 Å². The van der Waals surface area contributed by atoms with E-state index in [4.69, 9.17) is 0 Å². The second-order valence-corrected chi connectivity index (χ2v) is 5.94. The quantitative estimate of drug-likeness (QED) is 0.253. The first-order valence-corrected chi connectivity index (χ1v) is 8.41. The van der Waals surface area contributed by atoms with Gasteiger partial charge >= 0.3 is 0 Å². The van der Waals surface area contributed by atoms with E-state index in [1.165, 1.54) is 6.07 Å². The summed E-state index contributed by atoms with van der Waals surface area (Å²) in [5.74, 6) is -1.50. The third-order valence-corrected chi connectivity index (χ3v) is 3.72. The maximum atomic E-state index is 13.1. The predicted molar refractivity (Wildman–Crippen MR) is 99.9 cm³/mol. The van der Waals surface area contributed by atoms with Crippen molar-refractivity contribution in [1.82, 2.24) is 5.32 Å². The van der Waals surface area contributed by atoms with Gasteiger partial charge in [0.15, 0.2) is 6.30 Å². The van der Waals surface area contributed by atoms with Gasteiger partial charge in [0.05, 0.1) is 0 Å². The van der Waals surface area contributed by atoms with Crippen molar-refractivity contribution in [1.29, 1.82) is 0 Å². The average molecular weight is 413 g/mol. The van der Waals surface area contributed by atoms with Crippen molar-refractivity contribution in [2.75, 3.05) is 6.54 Å². The van der Waals surface area contributed by atoms with Crippen LogP contribution in [0.4, 0.5) is 13.2 Å². The molecule has 27 heavy (non-hydrogen) atoms. The summed E-state index contributed by atoms with van der Waals surface area (Å²) < 4.78 is 37.7. The standard InChI is InChI=1S/C12H9F2.C5H8FN.C5H5.Fe/c13-11-7-6-10(12(11)14)8-9-4-2-1-3-5-9;1-4-2-5(6)7-3-4;1-2-4-5-3-1;/h1-7H,8H2;2,5,7H,3H2,1H3;1-5H;/q-1;;-5;. The van der Waals surface area contributed by atoms with Gasteiger partial charge in [0.1, 0.15) is 0 Å². The number of hydrogen-bond donors (Lipinski definition) is 1. The fraction of sp³-hybridized carbons (Fsp3) is 0.182. The molecule has 3 aromatic carbocycles. The van der Waals surface area contributed by atoms with E-state index in [0.29, 0.717) is 18.5 Å². The molecule has 0 radical (unpaired) electrons. The Kier molecular flexibility index (Phi) is 10.5. The number of alkyl halides is 1. The molecule has 1 N–H and O–H groups in total. The predicted octanol–water partition coefficient (Wildman–Crippen LogP) is 5.51. The van der Waals surface area contributed by atoms with Gasteiger partial charge in [0.2, 0.25) is 0 Å². The van der Waals surface area contributed by atoms with Crippen LogP contribution in [0.5, 0.6) is 0 Å². The van der Waals surface area contributed by atoms with Crippen LogP contribution in [0.1, 0.15) is 18.1 Å². The van der Waals surface area contributed by atoms with Gasteiger partial charge in [0, 0.05) is 35.2 Å². The zero-order valence-corrected chi connectivity index (χ0v) is 16.1. The summed E-state index contributed by atoms with van der Waals surface area (Å²) in [7, 11) is 0.